The van der Waals surface area contributed by atoms with Crippen LogP contribution >= 0.6 is 27.3 Å². The predicted molar refractivity (Wildman–Crippen MR) is 115 cm³/mol. The van der Waals surface area contributed by atoms with E-state index in [1.165, 1.54) is 16.9 Å². The normalized spacial score (nSPS) is 10.9. The number of H-pyrrole nitrogens is 1. The maximum atomic E-state index is 12.7. The van der Waals surface area contributed by atoms with Crippen LogP contribution in [0.25, 0.3) is 21.5 Å². The zero-order chi connectivity index (χ0) is 19.0. The molecular weight excluding hydrogens is 422 g/mol. The Morgan fingerprint density at radius 1 is 1.04 bits per heavy atom. The summed E-state index contributed by atoms with van der Waals surface area (Å²) in [6.07, 6.45) is 0. The van der Waals surface area contributed by atoms with E-state index in [2.05, 4.69) is 57.4 Å². The summed E-state index contributed by atoms with van der Waals surface area (Å²) in [7, 11) is 0. The molecule has 6 heteroatoms. The number of hydrogen-bond donors (Lipinski definition) is 2. The van der Waals surface area contributed by atoms with E-state index >= 15 is 0 Å². The van der Waals surface area contributed by atoms with Gasteiger partial charge in [-0.3, -0.25) is 4.79 Å². The summed E-state index contributed by atoms with van der Waals surface area (Å²) in [4.78, 5) is 17.5. The third kappa shape index (κ3) is 3.59. The molecule has 0 saturated heterocycles. The number of nitrogen functional groups attached to an aromatic ring is 1. The highest BCUT2D eigenvalue weighted by Crippen LogP contribution is 2.32. The zero-order valence-electron chi connectivity index (χ0n) is 14.5. The van der Waals surface area contributed by atoms with Crippen LogP contribution in [0.2, 0.25) is 0 Å². The fourth-order valence-electron chi connectivity index (χ4n) is 2.84. The number of aromatic amines is 1. The van der Waals surface area contributed by atoms with Gasteiger partial charge in [-0.15, -0.1) is 0 Å². The van der Waals surface area contributed by atoms with Gasteiger partial charge in [0, 0.05) is 21.8 Å². The second-order valence-corrected chi connectivity index (χ2v) is 8.22. The lowest BCUT2D eigenvalue weighted by molar-refractivity contribution is -0.327. The number of nitrogens with two attached hydrogens (primary N) is 1. The smallest absolute Gasteiger partial charge is 0.270 e. The number of carbonyl (C=O) groups excluding carboxylic acids is 1. The van der Waals surface area contributed by atoms with Gasteiger partial charge in [0.1, 0.15) is 4.88 Å². The standard InChI is InChI=1S/C21H16BrN3OS/c1-12-2-4-13(5-3-12)17-11-10-16-18(23)19(27-21(16)25-17)20(26)24-15-8-6-14(22)7-9-15/h2-11H,23H2,1H3,(H,24,26)/p+1. The molecule has 4 aromatic rings. The maximum absolute atomic E-state index is 12.7. The van der Waals surface area contributed by atoms with Crippen molar-refractivity contribution in [3.63, 3.8) is 0 Å². The molecule has 0 unspecified atom stereocenters. The number of carbonyl (C=O) groups is 1. The lowest BCUT2D eigenvalue weighted by Gasteiger charge is -2.04. The second-order valence-electron chi connectivity index (χ2n) is 6.29. The van der Waals surface area contributed by atoms with Crippen LogP contribution in [0, 0.1) is 6.92 Å². The molecule has 0 atom stereocenters. The predicted octanol–water partition coefficient (Wildman–Crippen LogP) is 5.29. The van der Waals surface area contributed by atoms with Gasteiger partial charge in [0.05, 0.1) is 11.1 Å². The van der Waals surface area contributed by atoms with E-state index in [9.17, 15) is 4.79 Å². The van der Waals surface area contributed by atoms with Crippen LogP contribution in [0.5, 0.6) is 0 Å². The van der Waals surface area contributed by atoms with Crippen LogP contribution in [0.1, 0.15) is 15.2 Å². The van der Waals surface area contributed by atoms with Crippen molar-refractivity contribution in [3.8, 4) is 11.3 Å². The zero-order valence-corrected chi connectivity index (χ0v) is 16.9. The van der Waals surface area contributed by atoms with Crippen LogP contribution in [0.4, 0.5) is 11.4 Å². The molecular formula is C21H17BrN3OS+. The summed E-state index contributed by atoms with van der Waals surface area (Å²) in [5.41, 5.74) is 10.8. The molecule has 2 heterocycles. The summed E-state index contributed by atoms with van der Waals surface area (Å²) in [6, 6.07) is 19.7. The average molecular weight is 439 g/mol. The Hall–Kier alpha value is -2.70. The number of amides is 1. The molecule has 27 heavy (non-hydrogen) atoms. The van der Waals surface area contributed by atoms with Gasteiger partial charge in [0.15, 0.2) is 0 Å². The van der Waals surface area contributed by atoms with Crippen molar-refractivity contribution >= 4 is 54.8 Å². The Labute approximate surface area is 169 Å². The molecule has 134 valence electrons. The van der Waals surface area contributed by atoms with Crippen molar-refractivity contribution in [3.05, 3.63) is 75.6 Å². The minimum Gasteiger partial charge on any atom is -0.397 e. The van der Waals surface area contributed by atoms with E-state index in [1.54, 1.807) is 0 Å². The monoisotopic (exact) mass is 438 g/mol. The molecule has 0 radical (unpaired) electrons. The first-order valence-corrected chi connectivity index (χ1v) is 10.0. The van der Waals surface area contributed by atoms with Gasteiger partial charge in [-0.2, -0.15) is 4.98 Å². The fraction of sp³-hybridized carbons (Fsp3) is 0.0476. The van der Waals surface area contributed by atoms with Crippen molar-refractivity contribution in [2.45, 2.75) is 6.92 Å². The highest BCUT2D eigenvalue weighted by molar-refractivity contribution is 9.10. The summed E-state index contributed by atoms with van der Waals surface area (Å²) >= 11 is 4.75. The number of halogens is 1. The maximum Gasteiger partial charge on any atom is 0.270 e. The van der Waals surface area contributed by atoms with Crippen molar-refractivity contribution in [1.82, 2.24) is 0 Å². The largest absolute Gasteiger partial charge is 0.397 e. The molecule has 4 nitrogen and oxygen atoms in total. The minimum absolute atomic E-state index is 0.207. The molecule has 2 aromatic heterocycles. The number of thiophene rings is 1. The van der Waals surface area contributed by atoms with Crippen molar-refractivity contribution in [1.29, 1.82) is 0 Å². The molecule has 1 amide bonds. The number of rotatable bonds is 3. The van der Waals surface area contributed by atoms with E-state index in [0.717, 1.165) is 31.6 Å². The lowest BCUT2D eigenvalue weighted by atomic mass is 10.1. The highest BCUT2D eigenvalue weighted by Gasteiger charge is 2.21. The molecule has 0 bridgehead atoms. The van der Waals surface area contributed by atoms with Gasteiger partial charge in [-0.05, 0) is 49.4 Å². The average Bonchev–Trinajstić information content (AvgIpc) is 3.00. The number of nitrogens with one attached hydrogen (secondary N) is 2. The minimum atomic E-state index is -0.207. The molecule has 0 aliphatic heterocycles. The molecule has 0 aliphatic rings. The van der Waals surface area contributed by atoms with E-state index in [1.807, 2.05) is 36.4 Å². The van der Waals surface area contributed by atoms with Crippen LogP contribution in [-0.2, 0) is 0 Å². The number of pyridine rings is 1. The van der Waals surface area contributed by atoms with E-state index in [4.69, 9.17) is 5.73 Å². The van der Waals surface area contributed by atoms with Crippen LogP contribution in [0.15, 0.2) is 65.1 Å². The van der Waals surface area contributed by atoms with Crippen molar-refractivity contribution < 1.29 is 9.78 Å². The molecule has 0 spiro atoms. The fourth-order valence-corrected chi connectivity index (χ4v) is 4.12. The van der Waals surface area contributed by atoms with Crippen molar-refractivity contribution in [2.24, 2.45) is 0 Å². The van der Waals surface area contributed by atoms with E-state index in [0.29, 0.717) is 10.6 Å². The van der Waals surface area contributed by atoms with E-state index < -0.39 is 0 Å². The Kier molecular flexibility index (Phi) is 4.68. The quantitative estimate of drug-likeness (QED) is 0.456. The first kappa shape index (κ1) is 17.7. The Bertz CT molecular complexity index is 1130. The Morgan fingerprint density at radius 3 is 2.44 bits per heavy atom. The third-order valence-corrected chi connectivity index (χ3v) is 5.98. The SMILES string of the molecule is Cc1ccc(-c2ccc3c(N)c(C(=O)Nc4ccc(Br)cc4)sc3[nH+]2)cc1. The highest BCUT2D eigenvalue weighted by atomic mass is 79.9. The second kappa shape index (κ2) is 7.13. The molecule has 0 aliphatic carbocycles. The number of aromatic nitrogens is 1. The van der Waals surface area contributed by atoms with Gasteiger partial charge in [0.2, 0.25) is 5.69 Å². The lowest BCUT2D eigenvalue weighted by Crippen LogP contribution is -2.11. The summed E-state index contributed by atoms with van der Waals surface area (Å²) in [5.74, 6) is -0.207. The molecule has 0 fully saturated rings. The van der Waals surface area contributed by atoms with Crippen LogP contribution in [-0.4, -0.2) is 5.91 Å². The number of anilines is 2. The van der Waals surface area contributed by atoms with Gasteiger partial charge in [0.25, 0.3) is 10.7 Å². The topological polar surface area (TPSA) is 69.3 Å². The van der Waals surface area contributed by atoms with Gasteiger partial charge < -0.3 is 11.1 Å². The summed E-state index contributed by atoms with van der Waals surface area (Å²) in [6.45, 7) is 2.06. The summed E-state index contributed by atoms with van der Waals surface area (Å²) < 4.78 is 0.958. The third-order valence-electron chi connectivity index (χ3n) is 4.32. The molecule has 4 N–H and O–H groups in total. The summed E-state index contributed by atoms with van der Waals surface area (Å²) in [5, 5.41) is 3.75. The van der Waals surface area contributed by atoms with Gasteiger partial charge in [-0.25, -0.2) is 0 Å². The van der Waals surface area contributed by atoms with Crippen molar-refractivity contribution in [2.75, 3.05) is 11.1 Å². The van der Waals surface area contributed by atoms with Crippen LogP contribution < -0.4 is 16.0 Å². The molecule has 0 saturated carbocycles. The molecule has 4 rings (SSSR count). The first-order chi connectivity index (χ1) is 13.0. The van der Waals surface area contributed by atoms with Gasteiger partial charge in [-0.1, -0.05) is 45.0 Å². The number of benzene rings is 2. The van der Waals surface area contributed by atoms with Crippen LogP contribution in [0.3, 0.4) is 0 Å². The number of fused-ring (bicyclic) bond motifs is 1. The molecule has 2 aromatic carbocycles. The number of hydrogen-bond acceptors (Lipinski definition) is 3. The van der Waals surface area contributed by atoms with Gasteiger partial charge >= 0.3 is 0 Å². The Morgan fingerprint density at radius 2 is 1.74 bits per heavy atom. The first-order valence-electron chi connectivity index (χ1n) is 8.39. The number of aryl methyl sites for hydroxylation is 1. The van der Waals surface area contributed by atoms with E-state index in [-0.39, 0.29) is 5.91 Å². The Balaban J connectivity index is 1.67.